The maximum atomic E-state index is 13.0. The number of benzene rings is 2. The average molecular weight is 384 g/mol. The van der Waals surface area contributed by atoms with Gasteiger partial charge < -0.3 is 0 Å². The van der Waals surface area contributed by atoms with Crippen LogP contribution in [0.25, 0.3) is 6.08 Å². The minimum atomic E-state index is -0.373. The maximum absolute atomic E-state index is 13.0. The molecule has 1 heterocycles. The van der Waals surface area contributed by atoms with Gasteiger partial charge in [0.15, 0.2) is 4.32 Å². The van der Waals surface area contributed by atoms with Gasteiger partial charge in [-0.05, 0) is 48.0 Å². The summed E-state index contributed by atoms with van der Waals surface area (Å²) in [6.07, 6.45) is 1.67. The molecule has 2 aromatic carbocycles. The van der Waals surface area contributed by atoms with Gasteiger partial charge in [0.05, 0.1) is 10.6 Å². The molecule has 0 N–H and O–H groups in total. The van der Waals surface area contributed by atoms with Gasteiger partial charge in [0.25, 0.3) is 5.91 Å². The van der Waals surface area contributed by atoms with Crippen molar-refractivity contribution in [2.24, 2.45) is 0 Å². The number of hydrogen-bond donors (Lipinski definition) is 0. The van der Waals surface area contributed by atoms with E-state index < -0.39 is 0 Å². The van der Waals surface area contributed by atoms with Crippen LogP contribution in [0.4, 0.5) is 10.1 Å². The predicted molar refractivity (Wildman–Crippen MR) is 98.5 cm³/mol. The molecule has 2 aromatic rings. The smallest absolute Gasteiger partial charge is 0.268 e. The molecule has 23 heavy (non-hydrogen) atoms. The first-order valence-corrected chi connectivity index (χ1v) is 8.42. The van der Waals surface area contributed by atoms with Crippen LogP contribution in [0.2, 0.25) is 10.0 Å². The summed E-state index contributed by atoms with van der Waals surface area (Å²) in [6, 6.07) is 10.6. The molecule has 0 saturated carbocycles. The molecule has 1 aliphatic rings. The Morgan fingerprint density at radius 1 is 1.13 bits per heavy atom. The largest absolute Gasteiger partial charge is 0.270 e. The zero-order chi connectivity index (χ0) is 16.6. The lowest BCUT2D eigenvalue weighted by Crippen LogP contribution is -2.27. The standard InChI is InChI=1S/C16H8Cl2FNOS2/c17-10-2-1-9(13(18)8-10)7-14-15(21)20(16(22)23-14)12-5-3-11(19)4-6-12/h1-8H/b14-7+. The SMILES string of the molecule is O=C1/C(=C\c2ccc(Cl)cc2Cl)SC(=S)N1c1ccc(F)cc1. The van der Waals surface area contributed by atoms with Gasteiger partial charge in [-0.2, -0.15) is 0 Å². The highest BCUT2D eigenvalue weighted by Gasteiger charge is 2.33. The molecule has 0 radical (unpaired) electrons. The molecule has 7 heteroatoms. The summed E-state index contributed by atoms with van der Waals surface area (Å²) < 4.78 is 13.4. The zero-order valence-electron chi connectivity index (χ0n) is 11.4. The highest BCUT2D eigenvalue weighted by atomic mass is 35.5. The number of rotatable bonds is 2. The van der Waals surface area contributed by atoms with Crippen molar-refractivity contribution in [1.82, 2.24) is 0 Å². The van der Waals surface area contributed by atoms with Gasteiger partial charge in [0, 0.05) is 10.0 Å². The van der Waals surface area contributed by atoms with Crippen LogP contribution in [0.15, 0.2) is 47.4 Å². The number of hydrogen-bond acceptors (Lipinski definition) is 3. The van der Waals surface area contributed by atoms with Gasteiger partial charge in [-0.25, -0.2) is 4.39 Å². The average Bonchev–Trinajstić information content (AvgIpc) is 2.78. The maximum Gasteiger partial charge on any atom is 0.270 e. The molecule has 1 saturated heterocycles. The fraction of sp³-hybridized carbons (Fsp3) is 0. The van der Waals surface area contributed by atoms with Crippen molar-refractivity contribution in [3.63, 3.8) is 0 Å². The zero-order valence-corrected chi connectivity index (χ0v) is 14.6. The van der Waals surface area contributed by atoms with Crippen LogP contribution in [0, 0.1) is 5.82 Å². The van der Waals surface area contributed by atoms with E-state index >= 15 is 0 Å². The number of thiocarbonyl (C=S) groups is 1. The Bertz CT molecular complexity index is 836. The van der Waals surface area contributed by atoms with E-state index in [1.165, 1.54) is 40.9 Å². The topological polar surface area (TPSA) is 20.3 Å². The summed E-state index contributed by atoms with van der Waals surface area (Å²) in [5.74, 6) is -0.639. The molecular formula is C16H8Cl2FNOS2. The van der Waals surface area contributed by atoms with Crippen LogP contribution in [0.5, 0.6) is 0 Å². The summed E-state index contributed by atoms with van der Waals surface area (Å²) in [5, 5.41) is 0.968. The van der Waals surface area contributed by atoms with E-state index in [0.717, 1.165) is 0 Å². The Hall–Kier alpha value is -1.40. The number of carbonyl (C=O) groups excluding carboxylic acids is 1. The molecule has 0 unspecified atom stereocenters. The lowest BCUT2D eigenvalue weighted by molar-refractivity contribution is -0.113. The summed E-state index contributed by atoms with van der Waals surface area (Å²) in [4.78, 5) is 14.4. The van der Waals surface area contributed by atoms with E-state index in [0.29, 0.717) is 30.5 Å². The van der Waals surface area contributed by atoms with E-state index in [4.69, 9.17) is 35.4 Å². The molecule has 116 valence electrons. The van der Waals surface area contributed by atoms with Crippen molar-refractivity contribution in [3.8, 4) is 0 Å². The molecule has 0 aromatic heterocycles. The number of amides is 1. The third kappa shape index (κ3) is 3.43. The van der Waals surface area contributed by atoms with Crippen molar-refractivity contribution in [1.29, 1.82) is 0 Å². The molecule has 1 fully saturated rings. The Kier molecular flexibility index (Phi) is 4.73. The molecular weight excluding hydrogens is 376 g/mol. The van der Waals surface area contributed by atoms with Crippen LogP contribution in [0.3, 0.4) is 0 Å². The Morgan fingerprint density at radius 2 is 1.83 bits per heavy atom. The molecule has 1 aliphatic heterocycles. The highest BCUT2D eigenvalue weighted by Crippen LogP contribution is 2.37. The second kappa shape index (κ2) is 6.61. The molecule has 0 atom stereocenters. The summed E-state index contributed by atoms with van der Waals surface area (Å²) in [7, 11) is 0. The minimum absolute atomic E-state index is 0.266. The molecule has 2 nitrogen and oxygen atoms in total. The van der Waals surface area contributed by atoms with Crippen molar-refractivity contribution in [3.05, 3.63) is 68.8 Å². The van der Waals surface area contributed by atoms with Gasteiger partial charge in [-0.1, -0.05) is 53.2 Å². The van der Waals surface area contributed by atoms with Gasteiger partial charge in [-0.3, -0.25) is 9.69 Å². The Balaban J connectivity index is 1.94. The number of nitrogens with zero attached hydrogens (tertiary/aromatic N) is 1. The molecule has 0 bridgehead atoms. The van der Waals surface area contributed by atoms with Gasteiger partial charge in [0.2, 0.25) is 0 Å². The lowest BCUT2D eigenvalue weighted by Gasteiger charge is -2.14. The lowest BCUT2D eigenvalue weighted by atomic mass is 10.2. The fourth-order valence-corrected chi connectivity index (χ4v) is 3.79. The molecule has 0 aliphatic carbocycles. The number of anilines is 1. The third-order valence-corrected chi connectivity index (χ3v) is 4.99. The minimum Gasteiger partial charge on any atom is -0.268 e. The van der Waals surface area contributed by atoms with E-state index in [1.807, 2.05) is 0 Å². The van der Waals surface area contributed by atoms with Crippen molar-refractivity contribution < 1.29 is 9.18 Å². The van der Waals surface area contributed by atoms with Crippen molar-refractivity contribution in [2.45, 2.75) is 0 Å². The van der Waals surface area contributed by atoms with E-state index in [1.54, 1.807) is 24.3 Å². The predicted octanol–water partition coefficient (Wildman–Crippen LogP) is 5.54. The molecule has 0 spiro atoms. The fourth-order valence-electron chi connectivity index (χ4n) is 2.04. The Morgan fingerprint density at radius 3 is 2.48 bits per heavy atom. The summed E-state index contributed by atoms with van der Waals surface area (Å²) >= 11 is 18.4. The quantitative estimate of drug-likeness (QED) is 0.501. The third-order valence-electron chi connectivity index (χ3n) is 3.13. The van der Waals surface area contributed by atoms with Crippen LogP contribution in [0.1, 0.15) is 5.56 Å². The summed E-state index contributed by atoms with van der Waals surface area (Å²) in [6.45, 7) is 0. The highest BCUT2D eigenvalue weighted by molar-refractivity contribution is 8.27. The second-order valence-electron chi connectivity index (χ2n) is 4.66. The number of carbonyl (C=O) groups is 1. The van der Waals surface area contributed by atoms with Crippen LogP contribution in [-0.4, -0.2) is 10.2 Å². The van der Waals surface area contributed by atoms with Crippen LogP contribution < -0.4 is 4.90 Å². The second-order valence-corrected chi connectivity index (χ2v) is 7.18. The van der Waals surface area contributed by atoms with Gasteiger partial charge >= 0.3 is 0 Å². The van der Waals surface area contributed by atoms with E-state index in [9.17, 15) is 9.18 Å². The van der Waals surface area contributed by atoms with Gasteiger partial charge in [0.1, 0.15) is 5.82 Å². The first kappa shape index (κ1) is 16.5. The van der Waals surface area contributed by atoms with E-state index in [2.05, 4.69) is 0 Å². The Labute approximate surface area is 151 Å². The van der Waals surface area contributed by atoms with Gasteiger partial charge in [-0.15, -0.1) is 0 Å². The number of thioether (sulfide) groups is 1. The van der Waals surface area contributed by atoms with Crippen molar-refractivity contribution in [2.75, 3.05) is 4.90 Å². The molecule has 1 amide bonds. The van der Waals surface area contributed by atoms with Crippen LogP contribution in [-0.2, 0) is 4.79 Å². The normalized spacial score (nSPS) is 16.5. The van der Waals surface area contributed by atoms with Crippen LogP contribution >= 0.6 is 47.2 Å². The van der Waals surface area contributed by atoms with E-state index in [-0.39, 0.29) is 11.7 Å². The first-order valence-electron chi connectivity index (χ1n) is 6.44. The first-order chi connectivity index (χ1) is 11.0. The summed E-state index contributed by atoms with van der Waals surface area (Å²) in [5.41, 5.74) is 1.20. The number of halogens is 3. The van der Waals surface area contributed by atoms with Crippen molar-refractivity contribution >= 4 is 69.2 Å². The molecule has 3 rings (SSSR count). The monoisotopic (exact) mass is 383 g/mol.